The van der Waals surface area contributed by atoms with Crippen LogP contribution >= 0.6 is 11.3 Å². The molecule has 0 bridgehead atoms. The summed E-state index contributed by atoms with van der Waals surface area (Å²) in [5.41, 5.74) is 1.04. The van der Waals surface area contributed by atoms with E-state index in [1.54, 1.807) is 58.2 Å². The first-order valence-corrected chi connectivity index (χ1v) is 11.6. The molecule has 1 aromatic carbocycles. The highest BCUT2D eigenvalue weighted by Gasteiger charge is 2.35. The van der Waals surface area contributed by atoms with Crippen molar-refractivity contribution in [3.8, 4) is 11.5 Å². The molecule has 4 rings (SSSR count). The van der Waals surface area contributed by atoms with Crippen LogP contribution in [0, 0.1) is 6.92 Å². The van der Waals surface area contributed by atoms with Gasteiger partial charge in [0.05, 0.1) is 36.1 Å². The van der Waals surface area contributed by atoms with Crippen LogP contribution in [0.3, 0.4) is 0 Å². The third-order valence-corrected chi connectivity index (χ3v) is 6.33. The van der Waals surface area contributed by atoms with Gasteiger partial charge in [-0.25, -0.2) is 9.79 Å². The number of carbonyl (C=O) groups is 1. The summed E-state index contributed by atoms with van der Waals surface area (Å²) in [6.45, 7) is 7.12. The number of ether oxygens (including phenoxy) is 3. The zero-order valence-electron chi connectivity index (χ0n) is 19.9. The largest absolute Gasteiger partial charge is 0.497 e. The summed E-state index contributed by atoms with van der Waals surface area (Å²) >= 11 is 1.23. The molecular formula is C25H26N2O6S. The van der Waals surface area contributed by atoms with Gasteiger partial charge in [0.25, 0.3) is 5.56 Å². The van der Waals surface area contributed by atoms with Gasteiger partial charge in [-0.1, -0.05) is 11.3 Å². The zero-order valence-corrected chi connectivity index (χ0v) is 20.7. The molecule has 0 saturated heterocycles. The summed E-state index contributed by atoms with van der Waals surface area (Å²) in [5.74, 6) is 1.84. The van der Waals surface area contributed by atoms with Crippen LogP contribution in [0.2, 0.25) is 0 Å². The monoisotopic (exact) mass is 482 g/mol. The van der Waals surface area contributed by atoms with E-state index < -0.39 is 12.0 Å². The number of thiazole rings is 1. The number of rotatable bonds is 6. The van der Waals surface area contributed by atoms with Crippen molar-refractivity contribution < 1.29 is 23.4 Å². The number of aryl methyl sites for hydroxylation is 1. The Balaban J connectivity index is 2.01. The minimum atomic E-state index is -0.812. The van der Waals surface area contributed by atoms with Gasteiger partial charge >= 0.3 is 5.97 Å². The maximum absolute atomic E-state index is 13.7. The Kier molecular flexibility index (Phi) is 6.47. The molecule has 178 valence electrons. The van der Waals surface area contributed by atoms with E-state index in [1.165, 1.54) is 23.0 Å². The number of hydrogen-bond donors (Lipinski definition) is 0. The Morgan fingerprint density at radius 3 is 2.56 bits per heavy atom. The third-order valence-electron chi connectivity index (χ3n) is 5.35. The molecule has 1 aliphatic heterocycles. The van der Waals surface area contributed by atoms with Crippen molar-refractivity contribution >= 4 is 23.4 Å². The molecule has 0 amide bonds. The fourth-order valence-electron chi connectivity index (χ4n) is 3.87. The fraction of sp³-hybridized carbons (Fsp3) is 0.320. The maximum atomic E-state index is 13.7. The Hall–Kier alpha value is -3.59. The van der Waals surface area contributed by atoms with Crippen LogP contribution in [0.4, 0.5) is 0 Å². The van der Waals surface area contributed by atoms with Crippen molar-refractivity contribution in [3.05, 3.63) is 78.4 Å². The first-order chi connectivity index (χ1) is 16.2. The van der Waals surface area contributed by atoms with Crippen LogP contribution in [0.15, 0.2) is 55.8 Å². The molecule has 0 fully saturated rings. The molecule has 3 aromatic rings. The summed E-state index contributed by atoms with van der Waals surface area (Å²) < 4.78 is 24.1. The molecule has 0 saturated carbocycles. The van der Waals surface area contributed by atoms with Gasteiger partial charge in [0, 0.05) is 11.6 Å². The molecule has 1 aliphatic rings. The zero-order chi connectivity index (χ0) is 24.6. The van der Waals surface area contributed by atoms with E-state index in [0.717, 1.165) is 5.76 Å². The molecule has 0 N–H and O–H groups in total. The number of benzene rings is 1. The number of esters is 1. The van der Waals surface area contributed by atoms with Crippen LogP contribution in [0.1, 0.15) is 43.9 Å². The number of carbonyl (C=O) groups excluding carboxylic acids is 1. The first-order valence-electron chi connectivity index (χ1n) is 10.8. The lowest BCUT2D eigenvalue weighted by molar-refractivity contribution is -0.143. The highest BCUT2D eigenvalue weighted by atomic mass is 32.1. The summed E-state index contributed by atoms with van der Waals surface area (Å²) in [4.78, 5) is 31.9. The van der Waals surface area contributed by atoms with Gasteiger partial charge < -0.3 is 18.6 Å². The average molecular weight is 483 g/mol. The van der Waals surface area contributed by atoms with Gasteiger partial charge in [-0.05, 0) is 58.0 Å². The molecule has 9 heteroatoms. The quantitative estimate of drug-likeness (QED) is 0.502. The smallest absolute Gasteiger partial charge is 0.338 e. The van der Waals surface area contributed by atoms with Gasteiger partial charge in [0.1, 0.15) is 29.1 Å². The lowest BCUT2D eigenvalue weighted by Crippen LogP contribution is -2.40. The lowest BCUT2D eigenvalue weighted by Gasteiger charge is -2.26. The Labute approximate surface area is 200 Å². The normalized spacial score (nSPS) is 15.9. The number of nitrogens with zero attached hydrogens (tertiary/aromatic N) is 2. The molecule has 0 spiro atoms. The first kappa shape index (κ1) is 23.6. The highest BCUT2D eigenvalue weighted by Crippen LogP contribution is 2.38. The van der Waals surface area contributed by atoms with Crippen LogP contribution < -0.4 is 24.4 Å². The SMILES string of the molecule is COc1ccc(OC)c([C@@H]2C(C(=O)OC(C)C)=C(C)N=c3s/c(=C\c4ccc(C)o4)c(=O)n32)c1. The van der Waals surface area contributed by atoms with Crippen molar-refractivity contribution in [2.45, 2.75) is 39.8 Å². The van der Waals surface area contributed by atoms with Crippen molar-refractivity contribution in [1.82, 2.24) is 4.57 Å². The second-order valence-electron chi connectivity index (χ2n) is 8.09. The van der Waals surface area contributed by atoms with E-state index in [-0.39, 0.29) is 17.2 Å². The van der Waals surface area contributed by atoms with E-state index >= 15 is 0 Å². The van der Waals surface area contributed by atoms with Gasteiger partial charge in [0.2, 0.25) is 0 Å². The minimum Gasteiger partial charge on any atom is -0.497 e. The number of methoxy groups -OCH3 is 2. The van der Waals surface area contributed by atoms with Gasteiger partial charge in [-0.15, -0.1) is 0 Å². The molecule has 3 heterocycles. The van der Waals surface area contributed by atoms with Gasteiger partial charge in [-0.2, -0.15) is 0 Å². The Morgan fingerprint density at radius 2 is 1.94 bits per heavy atom. The molecule has 0 unspecified atom stereocenters. The van der Waals surface area contributed by atoms with Crippen LogP contribution in [-0.4, -0.2) is 30.9 Å². The van der Waals surface area contributed by atoms with E-state index in [2.05, 4.69) is 4.99 Å². The van der Waals surface area contributed by atoms with Crippen LogP contribution in [0.5, 0.6) is 11.5 Å². The molecule has 0 radical (unpaired) electrons. The summed E-state index contributed by atoms with van der Waals surface area (Å²) in [7, 11) is 3.09. The fourth-order valence-corrected chi connectivity index (χ4v) is 4.89. The third kappa shape index (κ3) is 4.31. The number of hydrogen-bond acceptors (Lipinski definition) is 8. The predicted molar refractivity (Wildman–Crippen MR) is 128 cm³/mol. The van der Waals surface area contributed by atoms with Gasteiger partial charge in [0.15, 0.2) is 4.80 Å². The molecule has 0 aliphatic carbocycles. The number of aromatic nitrogens is 1. The summed E-state index contributed by atoms with van der Waals surface area (Å²) in [6.07, 6.45) is 1.34. The number of allylic oxidation sites excluding steroid dienone is 1. The van der Waals surface area contributed by atoms with Crippen molar-refractivity contribution in [2.75, 3.05) is 14.2 Å². The van der Waals surface area contributed by atoms with E-state index in [4.69, 9.17) is 18.6 Å². The van der Waals surface area contributed by atoms with Crippen molar-refractivity contribution in [3.63, 3.8) is 0 Å². The predicted octanol–water partition coefficient (Wildman–Crippen LogP) is 3.11. The topological polar surface area (TPSA) is 92.3 Å². The number of fused-ring (bicyclic) bond motifs is 1. The minimum absolute atomic E-state index is 0.271. The van der Waals surface area contributed by atoms with Crippen LogP contribution in [0.25, 0.3) is 6.08 Å². The van der Waals surface area contributed by atoms with Gasteiger partial charge in [-0.3, -0.25) is 9.36 Å². The average Bonchev–Trinajstić information content (AvgIpc) is 3.34. The molecule has 8 nitrogen and oxygen atoms in total. The lowest BCUT2D eigenvalue weighted by atomic mass is 9.94. The molecule has 34 heavy (non-hydrogen) atoms. The molecule has 2 aromatic heterocycles. The summed E-state index contributed by atoms with van der Waals surface area (Å²) in [6, 6.07) is 8.08. The second kappa shape index (κ2) is 9.34. The number of furan rings is 1. The summed E-state index contributed by atoms with van der Waals surface area (Å²) in [5, 5.41) is 0. The van der Waals surface area contributed by atoms with Crippen molar-refractivity contribution in [2.24, 2.45) is 4.99 Å². The second-order valence-corrected chi connectivity index (χ2v) is 9.10. The van der Waals surface area contributed by atoms with Crippen molar-refractivity contribution in [1.29, 1.82) is 0 Å². The molecular weight excluding hydrogens is 456 g/mol. The molecule has 1 atom stereocenters. The van der Waals surface area contributed by atoms with E-state index in [0.29, 0.717) is 37.9 Å². The maximum Gasteiger partial charge on any atom is 0.338 e. The highest BCUT2D eigenvalue weighted by molar-refractivity contribution is 7.07. The van der Waals surface area contributed by atoms with E-state index in [1.807, 2.05) is 13.0 Å². The standard InChI is InChI=1S/C25H26N2O6S/c1-13(2)32-24(29)21-15(4)26-25-27(22(21)18-11-16(30-5)9-10-19(18)31-6)23(28)20(34-25)12-17-8-7-14(3)33-17/h7-13,22H,1-6H3/b20-12-/t22-/m1/s1. The Morgan fingerprint density at radius 1 is 1.18 bits per heavy atom. The Bertz CT molecular complexity index is 1460. The van der Waals surface area contributed by atoms with Crippen LogP contribution in [-0.2, 0) is 9.53 Å². The van der Waals surface area contributed by atoms with E-state index in [9.17, 15) is 9.59 Å².